The van der Waals surface area contributed by atoms with Crippen molar-refractivity contribution in [2.75, 3.05) is 0 Å². The molecule has 1 aromatic heterocycles. The van der Waals surface area contributed by atoms with E-state index in [0.29, 0.717) is 0 Å². The van der Waals surface area contributed by atoms with Gasteiger partial charge in [0.25, 0.3) is 5.56 Å². The molecule has 2 aromatic rings. The number of rotatable bonds is 3. The van der Waals surface area contributed by atoms with Crippen LogP contribution in [0.15, 0.2) is 35.1 Å². The highest BCUT2D eigenvalue weighted by atomic mass is 19.2. The van der Waals surface area contributed by atoms with Crippen LogP contribution >= 0.6 is 0 Å². The van der Waals surface area contributed by atoms with Crippen LogP contribution in [0.1, 0.15) is 16.1 Å². The van der Waals surface area contributed by atoms with Crippen molar-refractivity contribution >= 4 is 5.97 Å². The van der Waals surface area contributed by atoms with Gasteiger partial charge in [-0.1, -0.05) is 12.1 Å². The lowest BCUT2D eigenvalue weighted by atomic mass is 10.2. The van der Waals surface area contributed by atoms with Gasteiger partial charge in [-0.05, 0) is 12.1 Å². The van der Waals surface area contributed by atoms with Crippen LogP contribution in [0.2, 0.25) is 0 Å². The molecule has 0 fully saturated rings. The SMILES string of the molecule is O=C(O)c1ccc(=O)n(Cc2cccc(F)c2F)n1. The van der Waals surface area contributed by atoms with E-state index in [1.807, 2.05) is 0 Å². The summed E-state index contributed by atoms with van der Waals surface area (Å²) in [5, 5.41) is 12.3. The van der Waals surface area contributed by atoms with Gasteiger partial charge in [-0.3, -0.25) is 4.79 Å². The van der Waals surface area contributed by atoms with Crippen molar-refractivity contribution in [3.8, 4) is 0 Å². The number of hydrogen-bond donors (Lipinski definition) is 1. The second-order valence-corrected chi connectivity index (χ2v) is 3.73. The Hall–Kier alpha value is -2.57. The molecule has 7 heteroatoms. The fraction of sp³-hybridized carbons (Fsp3) is 0.0833. The standard InChI is InChI=1S/C12H8F2N2O3/c13-8-3-1-2-7(11(8)14)6-16-10(17)5-4-9(15-16)12(18)19/h1-5H,6H2,(H,18,19). The van der Waals surface area contributed by atoms with Crippen LogP contribution < -0.4 is 5.56 Å². The smallest absolute Gasteiger partial charge is 0.356 e. The summed E-state index contributed by atoms with van der Waals surface area (Å²) >= 11 is 0. The highest BCUT2D eigenvalue weighted by molar-refractivity contribution is 5.84. The summed E-state index contributed by atoms with van der Waals surface area (Å²) in [4.78, 5) is 22.2. The molecular formula is C12H8F2N2O3. The Bertz CT molecular complexity index is 698. The van der Waals surface area contributed by atoms with Crippen LogP contribution in [0, 0.1) is 11.6 Å². The normalized spacial score (nSPS) is 10.4. The third-order valence-electron chi connectivity index (χ3n) is 2.44. The molecule has 1 aromatic carbocycles. The molecule has 0 saturated carbocycles. The minimum atomic E-state index is -1.31. The Morgan fingerprint density at radius 2 is 2.00 bits per heavy atom. The van der Waals surface area contributed by atoms with Crippen molar-refractivity contribution in [3.63, 3.8) is 0 Å². The molecule has 0 unspecified atom stereocenters. The van der Waals surface area contributed by atoms with Gasteiger partial charge < -0.3 is 5.11 Å². The van der Waals surface area contributed by atoms with Gasteiger partial charge in [-0.25, -0.2) is 18.3 Å². The Morgan fingerprint density at radius 1 is 1.26 bits per heavy atom. The molecule has 5 nitrogen and oxygen atoms in total. The lowest BCUT2D eigenvalue weighted by molar-refractivity contribution is 0.0687. The van der Waals surface area contributed by atoms with E-state index in [4.69, 9.17) is 5.11 Å². The summed E-state index contributed by atoms with van der Waals surface area (Å²) in [6.45, 7) is -0.344. The average molecular weight is 266 g/mol. The third kappa shape index (κ3) is 2.65. The third-order valence-corrected chi connectivity index (χ3v) is 2.44. The molecule has 0 spiro atoms. The quantitative estimate of drug-likeness (QED) is 0.908. The highest BCUT2D eigenvalue weighted by Crippen LogP contribution is 2.11. The summed E-state index contributed by atoms with van der Waals surface area (Å²) < 4.78 is 27.2. The van der Waals surface area contributed by atoms with E-state index in [0.717, 1.165) is 22.9 Å². The number of hydrogen-bond acceptors (Lipinski definition) is 3. The molecule has 0 aliphatic rings. The molecule has 0 bridgehead atoms. The zero-order valence-corrected chi connectivity index (χ0v) is 9.51. The molecular weight excluding hydrogens is 258 g/mol. The lowest BCUT2D eigenvalue weighted by Crippen LogP contribution is -2.25. The van der Waals surface area contributed by atoms with Crippen LogP contribution in [0.4, 0.5) is 8.78 Å². The van der Waals surface area contributed by atoms with Gasteiger partial charge >= 0.3 is 5.97 Å². The van der Waals surface area contributed by atoms with E-state index in [9.17, 15) is 18.4 Å². The first-order valence-corrected chi connectivity index (χ1v) is 5.23. The molecule has 2 rings (SSSR count). The van der Waals surface area contributed by atoms with Crippen LogP contribution in [0.3, 0.4) is 0 Å². The average Bonchev–Trinajstić information content (AvgIpc) is 2.37. The Morgan fingerprint density at radius 3 is 2.68 bits per heavy atom. The summed E-state index contributed by atoms with van der Waals surface area (Å²) in [6.07, 6.45) is 0. The van der Waals surface area contributed by atoms with Gasteiger partial charge in [0.15, 0.2) is 17.3 Å². The number of nitrogens with zero attached hydrogens (tertiary/aromatic N) is 2. The largest absolute Gasteiger partial charge is 0.476 e. The second kappa shape index (κ2) is 4.97. The number of carboxylic acid groups (broad SMARTS) is 1. The van der Waals surface area contributed by atoms with Gasteiger partial charge in [-0.15, -0.1) is 0 Å². The van der Waals surface area contributed by atoms with Gasteiger partial charge in [0.1, 0.15) is 0 Å². The molecule has 0 atom stereocenters. The minimum Gasteiger partial charge on any atom is -0.476 e. The van der Waals surface area contributed by atoms with Gasteiger partial charge in [-0.2, -0.15) is 5.10 Å². The first-order chi connectivity index (χ1) is 8.99. The molecule has 0 aliphatic carbocycles. The number of aromatic nitrogens is 2. The van der Waals surface area contributed by atoms with Crippen molar-refractivity contribution in [3.05, 3.63) is 63.6 Å². The van der Waals surface area contributed by atoms with E-state index in [-0.39, 0.29) is 17.8 Å². The molecule has 0 saturated heterocycles. The van der Waals surface area contributed by atoms with Gasteiger partial charge in [0.2, 0.25) is 0 Å². The molecule has 1 heterocycles. The van der Waals surface area contributed by atoms with E-state index in [2.05, 4.69) is 5.10 Å². The summed E-state index contributed by atoms with van der Waals surface area (Å²) in [5.41, 5.74) is -1.04. The van der Waals surface area contributed by atoms with Crippen molar-refractivity contribution in [1.29, 1.82) is 0 Å². The maximum atomic E-state index is 13.4. The highest BCUT2D eigenvalue weighted by Gasteiger charge is 2.11. The Balaban J connectivity index is 2.43. The van der Waals surface area contributed by atoms with Crippen molar-refractivity contribution < 1.29 is 18.7 Å². The predicted molar refractivity (Wildman–Crippen MR) is 60.9 cm³/mol. The number of aromatic carboxylic acids is 1. The van der Waals surface area contributed by atoms with E-state index in [1.54, 1.807) is 0 Å². The maximum Gasteiger partial charge on any atom is 0.356 e. The van der Waals surface area contributed by atoms with E-state index >= 15 is 0 Å². The van der Waals surface area contributed by atoms with Crippen LogP contribution in [-0.2, 0) is 6.54 Å². The van der Waals surface area contributed by atoms with Crippen LogP contribution in [0.5, 0.6) is 0 Å². The maximum absolute atomic E-state index is 13.4. The number of carboxylic acids is 1. The topological polar surface area (TPSA) is 72.2 Å². The monoisotopic (exact) mass is 266 g/mol. The van der Waals surface area contributed by atoms with E-state index in [1.165, 1.54) is 12.1 Å². The fourth-order valence-corrected chi connectivity index (χ4v) is 1.51. The molecule has 0 aliphatic heterocycles. The van der Waals surface area contributed by atoms with Crippen LogP contribution in [-0.4, -0.2) is 20.9 Å². The first-order valence-electron chi connectivity index (χ1n) is 5.23. The Labute approximate surface area is 105 Å². The lowest BCUT2D eigenvalue weighted by Gasteiger charge is -2.06. The van der Waals surface area contributed by atoms with Gasteiger partial charge in [0.05, 0.1) is 6.54 Å². The number of benzene rings is 1. The second-order valence-electron chi connectivity index (χ2n) is 3.73. The fourth-order valence-electron chi connectivity index (χ4n) is 1.51. The summed E-state index contributed by atoms with van der Waals surface area (Å²) in [6, 6.07) is 5.58. The molecule has 19 heavy (non-hydrogen) atoms. The number of carbonyl (C=O) groups is 1. The van der Waals surface area contributed by atoms with Gasteiger partial charge in [0, 0.05) is 11.6 Å². The summed E-state index contributed by atoms with van der Waals surface area (Å²) in [5.74, 6) is -3.44. The molecule has 0 radical (unpaired) electrons. The number of halogens is 2. The first kappa shape index (κ1) is 12.9. The zero-order valence-electron chi connectivity index (χ0n) is 9.51. The molecule has 0 amide bonds. The van der Waals surface area contributed by atoms with Crippen molar-refractivity contribution in [2.24, 2.45) is 0 Å². The van der Waals surface area contributed by atoms with Crippen LogP contribution in [0.25, 0.3) is 0 Å². The molecule has 98 valence electrons. The van der Waals surface area contributed by atoms with E-state index < -0.39 is 23.2 Å². The zero-order chi connectivity index (χ0) is 14.0. The predicted octanol–water partition coefficient (Wildman–Crippen LogP) is 1.27. The van der Waals surface area contributed by atoms with Crippen molar-refractivity contribution in [2.45, 2.75) is 6.54 Å². The summed E-state index contributed by atoms with van der Waals surface area (Å²) in [7, 11) is 0. The Kier molecular flexibility index (Phi) is 3.37. The van der Waals surface area contributed by atoms with Crippen molar-refractivity contribution in [1.82, 2.24) is 9.78 Å². The minimum absolute atomic E-state index is 0.0860. The molecule has 1 N–H and O–H groups in total.